The second kappa shape index (κ2) is 4.11. The van der Waals surface area contributed by atoms with Crippen LogP contribution in [0.3, 0.4) is 0 Å². The van der Waals surface area contributed by atoms with E-state index in [4.69, 9.17) is 6.42 Å². The van der Waals surface area contributed by atoms with Crippen LogP contribution in [-0.4, -0.2) is 10.8 Å². The molecule has 106 valence electrons. The molecule has 4 rings (SSSR count). The van der Waals surface area contributed by atoms with Gasteiger partial charge in [-0.05, 0) is 23.8 Å². The molecule has 1 aliphatic carbocycles. The van der Waals surface area contributed by atoms with Crippen molar-refractivity contribution in [1.82, 2.24) is 4.98 Å². The van der Waals surface area contributed by atoms with Gasteiger partial charge in [0.2, 0.25) is 0 Å². The van der Waals surface area contributed by atoms with Gasteiger partial charge in [-0.3, -0.25) is 4.79 Å². The average Bonchev–Trinajstić information content (AvgIpc) is 2.93. The molecule has 0 saturated heterocycles. The number of carbonyl (C=O) groups excluding carboxylic acids is 1. The molecule has 3 aromatic rings. The SMILES string of the molecule is C#Cc1ccc2c(c1)C(=O)c1c([nH]c3ccccc13)C2(C)C. The third-order valence-electron chi connectivity index (χ3n) is 4.66. The first-order chi connectivity index (χ1) is 10.5. The second-order valence-corrected chi connectivity index (χ2v) is 6.28. The Kier molecular flexibility index (Phi) is 2.41. The normalized spacial score (nSPS) is 15.2. The molecule has 0 fully saturated rings. The van der Waals surface area contributed by atoms with E-state index in [1.807, 2.05) is 42.5 Å². The van der Waals surface area contributed by atoms with Gasteiger partial charge in [-0.1, -0.05) is 44.0 Å². The van der Waals surface area contributed by atoms with Crippen LogP contribution >= 0.6 is 0 Å². The minimum Gasteiger partial charge on any atom is -0.357 e. The fourth-order valence-corrected chi connectivity index (χ4v) is 3.48. The fraction of sp³-hybridized carbons (Fsp3) is 0.150. The van der Waals surface area contributed by atoms with Gasteiger partial charge in [0, 0.05) is 33.1 Å². The predicted octanol–water partition coefficient (Wildman–Crippen LogP) is 4.02. The van der Waals surface area contributed by atoms with Crippen LogP contribution in [0.15, 0.2) is 42.5 Å². The molecule has 1 aliphatic rings. The lowest BCUT2D eigenvalue weighted by Gasteiger charge is -2.32. The Morgan fingerprint density at radius 1 is 1.14 bits per heavy atom. The smallest absolute Gasteiger partial charge is 0.195 e. The number of nitrogens with one attached hydrogen (secondary N) is 1. The highest BCUT2D eigenvalue weighted by Crippen LogP contribution is 2.43. The predicted molar refractivity (Wildman–Crippen MR) is 88.2 cm³/mol. The Labute approximate surface area is 129 Å². The average molecular weight is 285 g/mol. The number of ketones is 1. The molecule has 0 atom stereocenters. The van der Waals surface area contributed by atoms with Crippen molar-refractivity contribution in [2.45, 2.75) is 19.3 Å². The van der Waals surface area contributed by atoms with Gasteiger partial charge >= 0.3 is 0 Å². The topological polar surface area (TPSA) is 32.9 Å². The van der Waals surface area contributed by atoms with E-state index in [-0.39, 0.29) is 11.2 Å². The molecule has 1 aromatic heterocycles. The second-order valence-electron chi connectivity index (χ2n) is 6.28. The first-order valence-corrected chi connectivity index (χ1v) is 7.31. The standard InChI is InChI=1S/C20H15NO/c1-4-12-9-10-15-14(11-12)18(22)17-13-7-5-6-8-16(13)21-19(17)20(15,2)3/h1,5-11,21H,2-3H3. The third kappa shape index (κ3) is 1.48. The lowest BCUT2D eigenvalue weighted by atomic mass is 9.71. The van der Waals surface area contributed by atoms with Crippen LogP contribution in [0.5, 0.6) is 0 Å². The van der Waals surface area contributed by atoms with E-state index in [0.29, 0.717) is 0 Å². The van der Waals surface area contributed by atoms with E-state index in [0.717, 1.165) is 38.9 Å². The van der Waals surface area contributed by atoms with Gasteiger partial charge in [-0.15, -0.1) is 6.42 Å². The quantitative estimate of drug-likeness (QED) is 0.622. The highest BCUT2D eigenvalue weighted by atomic mass is 16.1. The zero-order chi connectivity index (χ0) is 15.5. The van der Waals surface area contributed by atoms with E-state index in [2.05, 4.69) is 24.8 Å². The summed E-state index contributed by atoms with van der Waals surface area (Å²) in [6, 6.07) is 13.7. The van der Waals surface area contributed by atoms with Crippen molar-refractivity contribution in [3.05, 3.63) is 70.4 Å². The molecule has 2 heteroatoms. The molecule has 1 N–H and O–H groups in total. The number of benzene rings is 2. The Bertz CT molecular complexity index is 983. The lowest BCUT2D eigenvalue weighted by Crippen LogP contribution is -2.30. The highest BCUT2D eigenvalue weighted by Gasteiger charge is 2.39. The van der Waals surface area contributed by atoms with Gasteiger partial charge in [0.25, 0.3) is 0 Å². The number of rotatable bonds is 0. The molecule has 2 aromatic carbocycles. The highest BCUT2D eigenvalue weighted by molar-refractivity contribution is 6.20. The first kappa shape index (κ1) is 12.9. The zero-order valence-corrected chi connectivity index (χ0v) is 12.5. The van der Waals surface area contributed by atoms with Crippen molar-refractivity contribution in [3.8, 4) is 12.3 Å². The van der Waals surface area contributed by atoms with Gasteiger partial charge in [-0.2, -0.15) is 0 Å². The number of hydrogen-bond acceptors (Lipinski definition) is 1. The number of terminal acetylenes is 1. The summed E-state index contributed by atoms with van der Waals surface area (Å²) in [6.07, 6.45) is 5.49. The maximum Gasteiger partial charge on any atom is 0.195 e. The Morgan fingerprint density at radius 3 is 2.68 bits per heavy atom. The summed E-state index contributed by atoms with van der Waals surface area (Å²) in [6.45, 7) is 4.28. The summed E-state index contributed by atoms with van der Waals surface area (Å²) >= 11 is 0. The van der Waals surface area contributed by atoms with E-state index in [9.17, 15) is 4.79 Å². The molecule has 0 amide bonds. The Balaban J connectivity index is 2.12. The summed E-state index contributed by atoms with van der Waals surface area (Å²) < 4.78 is 0. The van der Waals surface area contributed by atoms with Crippen LogP contribution in [0.25, 0.3) is 10.9 Å². The van der Waals surface area contributed by atoms with Crippen molar-refractivity contribution >= 4 is 16.7 Å². The molecule has 2 nitrogen and oxygen atoms in total. The zero-order valence-electron chi connectivity index (χ0n) is 12.5. The number of para-hydroxylation sites is 1. The van der Waals surface area contributed by atoms with Crippen LogP contribution in [0, 0.1) is 12.3 Å². The number of H-pyrrole nitrogens is 1. The fourth-order valence-electron chi connectivity index (χ4n) is 3.48. The number of carbonyl (C=O) groups is 1. The summed E-state index contributed by atoms with van der Waals surface area (Å²) in [5, 5.41) is 0.979. The number of hydrogen-bond donors (Lipinski definition) is 1. The van der Waals surface area contributed by atoms with Crippen molar-refractivity contribution in [2.75, 3.05) is 0 Å². The molecule has 0 spiro atoms. The van der Waals surface area contributed by atoms with Crippen molar-refractivity contribution < 1.29 is 4.79 Å². The van der Waals surface area contributed by atoms with Crippen molar-refractivity contribution in [3.63, 3.8) is 0 Å². The first-order valence-electron chi connectivity index (χ1n) is 7.31. The monoisotopic (exact) mass is 285 g/mol. The molecule has 0 radical (unpaired) electrons. The minimum absolute atomic E-state index is 0.0545. The van der Waals surface area contributed by atoms with Gasteiger partial charge in [0.05, 0.1) is 5.56 Å². The maximum absolute atomic E-state index is 13.1. The van der Waals surface area contributed by atoms with E-state index in [1.54, 1.807) is 0 Å². The Hall–Kier alpha value is -2.79. The van der Waals surface area contributed by atoms with Gasteiger partial charge in [-0.25, -0.2) is 0 Å². The van der Waals surface area contributed by atoms with Crippen LogP contribution in [0.1, 0.15) is 46.6 Å². The molecule has 1 heterocycles. The summed E-state index contributed by atoms with van der Waals surface area (Å²) in [5.74, 6) is 2.67. The molecular formula is C20H15NO. The van der Waals surface area contributed by atoms with Crippen LogP contribution in [0.4, 0.5) is 0 Å². The molecular weight excluding hydrogens is 270 g/mol. The molecule has 0 saturated carbocycles. The van der Waals surface area contributed by atoms with Gasteiger partial charge in [0.1, 0.15) is 0 Å². The van der Waals surface area contributed by atoms with Crippen LogP contribution in [-0.2, 0) is 5.41 Å². The van der Waals surface area contributed by atoms with E-state index >= 15 is 0 Å². The molecule has 22 heavy (non-hydrogen) atoms. The summed E-state index contributed by atoms with van der Waals surface area (Å²) in [7, 11) is 0. The number of fused-ring (bicyclic) bond motifs is 4. The van der Waals surface area contributed by atoms with Crippen LogP contribution in [0.2, 0.25) is 0 Å². The van der Waals surface area contributed by atoms with E-state index < -0.39 is 0 Å². The van der Waals surface area contributed by atoms with Gasteiger partial charge < -0.3 is 4.98 Å². The minimum atomic E-state index is -0.259. The number of aromatic nitrogens is 1. The maximum atomic E-state index is 13.1. The largest absolute Gasteiger partial charge is 0.357 e. The molecule has 0 unspecified atom stereocenters. The lowest BCUT2D eigenvalue weighted by molar-refractivity contribution is 0.103. The van der Waals surface area contributed by atoms with Crippen molar-refractivity contribution in [1.29, 1.82) is 0 Å². The van der Waals surface area contributed by atoms with Crippen molar-refractivity contribution in [2.24, 2.45) is 0 Å². The summed E-state index contributed by atoms with van der Waals surface area (Å²) in [4.78, 5) is 16.5. The van der Waals surface area contributed by atoms with E-state index in [1.165, 1.54) is 0 Å². The third-order valence-corrected chi connectivity index (χ3v) is 4.66. The molecule has 0 bridgehead atoms. The number of aromatic amines is 1. The summed E-state index contributed by atoms with van der Waals surface area (Å²) in [5.41, 5.74) is 4.99. The molecule has 0 aliphatic heterocycles. The van der Waals surface area contributed by atoms with Gasteiger partial charge in [0.15, 0.2) is 5.78 Å². The Morgan fingerprint density at radius 2 is 1.91 bits per heavy atom. The van der Waals surface area contributed by atoms with Crippen LogP contribution < -0.4 is 0 Å².